The molecule has 1 aliphatic heterocycles. The molecule has 1 aromatic rings. The summed E-state index contributed by atoms with van der Waals surface area (Å²) in [7, 11) is 0. The highest BCUT2D eigenvalue weighted by molar-refractivity contribution is 5.74. The highest BCUT2D eigenvalue weighted by Crippen LogP contribution is 2.02. The maximum Gasteiger partial charge on any atom is 0.315 e. The van der Waals surface area contributed by atoms with Gasteiger partial charge in [-0.05, 0) is 13.8 Å². The summed E-state index contributed by atoms with van der Waals surface area (Å²) in [6.07, 6.45) is 5.37. The van der Waals surface area contributed by atoms with Gasteiger partial charge in [-0.15, -0.1) is 0 Å². The maximum atomic E-state index is 11.9. The molecule has 1 saturated heterocycles. The number of nitrogens with zero attached hydrogens (tertiary/aromatic N) is 3. The Kier molecular flexibility index (Phi) is 6.01. The van der Waals surface area contributed by atoms with Crippen molar-refractivity contribution < 1.29 is 9.53 Å². The minimum atomic E-state index is -0.122. The number of hydrogen-bond donors (Lipinski definition) is 2. The van der Waals surface area contributed by atoms with E-state index in [0.717, 1.165) is 26.3 Å². The van der Waals surface area contributed by atoms with Crippen LogP contribution in [-0.2, 0) is 11.3 Å². The normalized spacial score (nSPS) is 19.0. The van der Waals surface area contributed by atoms with E-state index in [1.165, 1.54) is 0 Å². The smallest absolute Gasteiger partial charge is 0.315 e. The van der Waals surface area contributed by atoms with Crippen LogP contribution in [0.3, 0.4) is 0 Å². The molecule has 7 heteroatoms. The second-order valence-electron chi connectivity index (χ2n) is 5.51. The van der Waals surface area contributed by atoms with E-state index in [0.29, 0.717) is 19.1 Å². The molecule has 7 nitrogen and oxygen atoms in total. The Bertz CT molecular complexity index is 417. The molecule has 0 spiro atoms. The van der Waals surface area contributed by atoms with Crippen LogP contribution in [0.4, 0.5) is 4.79 Å². The molecule has 0 aliphatic carbocycles. The van der Waals surface area contributed by atoms with Gasteiger partial charge in [-0.25, -0.2) is 9.78 Å². The predicted molar refractivity (Wildman–Crippen MR) is 80.1 cm³/mol. The van der Waals surface area contributed by atoms with Gasteiger partial charge in [-0.1, -0.05) is 0 Å². The molecule has 118 valence electrons. The monoisotopic (exact) mass is 295 g/mol. The first-order chi connectivity index (χ1) is 10.1. The highest BCUT2D eigenvalue weighted by atomic mass is 16.5. The van der Waals surface area contributed by atoms with Crippen molar-refractivity contribution in [2.45, 2.75) is 32.5 Å². The SMILES string of the molecule is C[C@H](CNC(=O)N[C@@H](C)Cn1ccnc1)N1CCOCC1. The summed E-state index contributed by atoms with van der Waals surface area (Å²) in [5.74, 6) is 0. The van der Waals surface area contributed by atoms with Crippen molar-refractivity contribution in [1.29, 1.82) is 0 Å². The molecule has 1 fully saturated rings. The van der Waals surface area contributed by atoms with Crippen LogP contribution in [0.25, 0.3) is 0 Å². The van der Waals surface area contributed by atoms with Crippen LogP contribution in [-0.4, -0.2) is 65.4 Å². The quantitative estimate of drug-likeness (QED) is 0.791. The summed E-state index contributed by atoms with van der Waals surface area (Å²) in [4.78, 5) is 18.2. The van der Waals surface area contributed by atoms with E-state index in [1.54, 1.807) is 12.5 Å². The Balaban J connectivity index is 1.64. The molecule has 0 saturated carbocycles. The van der Waals surface area contributed by atoms with Crippen LogP contribution in [0.15, 0.2) is 18.7 Å². The van der Waals surface area contributed by atoms with Crippen LogP contribution in [0.5, 0.6) is 0 Å². The zero-order valence-electron chi connectivity index (χ0n) is 12.8. The van der Waals surface area contributed by atoms with Crippen molar-refractivity contribution in [3.05, 3.63) is 18.7 Å². The van der Waals surface area contributed by atoms with Crippen molar-refractivity contribution in [1.82, 2.24) is 25.1 Å². The second kappa shape index (κ2) is 7.99. The first kappa shape index (κ1) is 15.8. The lowest BCUT2D eigenvalue weighted by Gasteiger charge is -2.32. The van der Waals surface area contributed by atoms with Crippen LogP contribution in [0.2, 0.25) is 0 Å². The molecular formula is C14H25N5O2. The number of rotatable bonds is 6. The fourth-order valence-electron chi connectivity index (χ4n) is 2.42. The lowest BCUT2D eigenvalue weighted by Crippen LogP contribution is -2.50. The van der Waals surface area contributed by atoms with E-state index in [4.69, 9.17) is 4.74 Å². The van der Waals surface area contributed by atoms with Gasteiger partial charge in [0.25, 0.3) is 0 Å². The minimum absolute atomic E-state index is 0.0536. The van der Waals surface area contributed by atoms with Gasteiger partial charge >= 0.3 is 6.03 Å². The third-order valence-electron chi connectivity index (χ3n) is 3.65. The van der Waals surface area contributed by atoms with Crippen LogP contribution in [0.1, 0.15) is 13.8 Å². The Morgan fingerprint density at radius 2 is 2.14 bits per heavy atom. The molecule has 2 N–H and O–H groups in total. The van der Waals surface area contributed by atoms with Gasteiger partial charge in [-0.2, -0.15) is 0 Å². The summed E-state index contributed by atoms with van der Waals surface area (Å²) in [5, 5.41) is 5.87. The molecule has 2 amide bonds. The van der Waals surface area contributed by atoms with Crippen LogP contribution in [0, 0.1) is 0 Å². The van der Waals surface area contributed by atoms with Gasteiger partial charge in [0.15, 0.2) is 0 Å². The van der Waals surface area contributed by atoms with Crippen LogP contribution >= 0.6 is 0 Å². The maximum absolute atomic E-state index is 11.9. The molecular weight excluding hydrogens is 270 g/mol. The lowest BCUT2D eigenvalue weighted by molar-refractivity contribution is 0.0209. The summed E-state index contributed by atoms with van der Waals surface area (Å²) in [5.41, 5.74) is 0. The minimum Gasteiger partial charge on any atom is -0.379 e. The van der Waals surface area contributed by atoms with E-state index in [9.17, 15) is 4.79 Å². The van der Waals surface area contributed by atoms with Gasteiger partial charge in [0, 0.05) is 50.7 Å². The number of morpholine rings is 1. The standard InChI is InChI=1S/C14H25N5O2/c1-12(10-18-4-3-15-11-18)17-14(20)16-9-13(2)19-5-7-21-8-6-19/h3-4,11-13H,5-10H2,1-2H3,(H2,16,17,20)/t12-,13+/m0/s1. The molecule has 21 heavy (non-hydrogen) atoms. The summed E-state index contributed by atoms with van der Waals surface area (Å²) < 4.78 is 7.27. The van der Waals surface area contributed by atoms with Crippen molar-refractivity contribution in [2.24, 2.45) is 0 Å². The zero-order valence-corrected chi connectivity index (χ0v) is 12.8. The fourth-order valence-corrected chi connectivity index (χ4v) is 2.42. The van der Waals surface area contributed by atoms with Crippen LogP contribution < -0.4 is 10.6 Å². The lowest BCUT2D eigenvalue weighted by atomic mass is 10.2. The third kappa shape index (κ3) is 5.35. The number of urea groups is 1. The molecule has 0 aromatic carbocycles. The summed E-state index contributed by atoms with van der Waals surface area (Å²) in [6, 6.07) is 0.254. The number of amides is 2. The number of carbonyl (C=O) groups excluding carboxylic acids is 1. The van der Waals surface area contributed by atoms with Gasteiger partial charge in [-0.3, -0.25) is 4.90 Å². The van der Waals surface area contributed by atoms with Crippen molar-refractivity contribution >= 4 is 6.03 Å². The molecule has 0 unspecified atom stereocenters. The largest absolute Gasteiger partial charge is 0.379 e. The Morgan fingerprint density at radius 3 is 2.81 bits per heavy atom. The Morgan fingerprint density at radius 1 is 1.38 bits per heavy atom. The average molecular weight is 295 g/mol. The zero-order chi connectivity index (χ0) is 15.1. The van der Waals surface area contributed by atoms with Gasteiger partial charge in [0.1, 0.15) is 0 Å². The molecule has 2 heterocycles. The van der Waals surface area contributed by atoms with Gasteiger partial charge in [0.05, 0.1) is 19.5 Å². The Hall–Kier alpha value is -1.60. The summed E-state index contributed by atoms with van der Waals surface area (Å²) >= 11 is 0. The number of nitrogens with one attached hydrogen (secondary N) is 2. The fraction of sp³-hybridized carbons (Fsp3) is 0.714. The third-order valence-corrected chi connectivity index (χ3v) is 3.65. The number of ether oxygens (including phenoxy) is 1. The molecule has 0 radical (unpaired) electrons. The highest BCUT2D eigenvalue weighted by Gasteiger charge is 2.17. The predicted octanol–water partition coefficient (Wildman–Crippen LogP) is 0.292. The number of hydrogen-bond acceptors (Lipinski definition) is 4. The molecule has 2 atom stereocenters. The van der Waals surface area contributed by atoms with Crippen molar-refractivity contribution in [3.8, 4) is 0 Å². The number of aromatic nitrogens is 2. The summed E-state index contributed by atoms with van der Waals surface area (Å²) in [6.45, 7) is 8.88. The first-order valence-corrected chi connectivity index (χ1v) is 7.47. The van der Waals surface area contributed by atoms with E-state index in [-0.39, 0.29) is 12.1 Å². The van der Waals surface area contributed by atoms with Gasteiger partial charge < -0.3 is 19.9 Å². The van der Waals surface area contributed by atoms with Crippen molar-refractivity contribution in [3.63, 3.8) is 0 Å². The van der Waals surface area contributed by atoms with Gasteiger partial charge in [0.2, 0.25) is 0 Å². The topological polar surface area (TPSA) is 71.4 Å². The van der Waals surface area contributed by atoms with E-state index < -0.39 is 0 Å². The number of imidazole rings is 1. The second-order valence-corrected chi connectivity index (χ2v) is 5.51. The molecule has 0 bridgehead atoms. The molecule has 1 aliphatic rings. The molecule has 2 rings (SSSR count). The Labute approximate surface area is 125 Å². The number of carbonyl (C=O) groups is 1. The average Bonchev–Trinajstić information content (AvgIpc) is 2.98. The van der Waals surface area contributed by atoms with Crippen molar-refractivity contribution in [2.75, 3.05) is 32.8 Å². The van der Waals surface area contributed by atoms with E-state index in [1.807, 2.05) is 17.7 Å². The van der Waals surface area contributed by atoms with E-state index >= 15 is 0 Å². The molecule has 1 aromatic heterocycles. The first-order valence-electron chi connectivity index (χ1n) is 7.47. The van der Waals surface area contributed by atoms with E-state index in [2.05, 4.69) is 27.4 Å².